The van der Waals surface area contributed by atoms with Crippen LogP contribution in [0.2, 0.25) is 0 Å². The van der Waals surface area contributed by atoms with Gasteiger partial charge < -0.3 is 15.2 Å². The number of nitrogens with zero attached hydrogens (tertiary/aromatic N) is 2. The van der Waals surface area contributed by atoms with Gasteiger partial charge in [-0.15, -0.1) is 0 Å². The van der Waals surface area contributed by atoms with Crippen molar-refractivity contribution in [3.05, 3.63) is 28.7 Å². The van der Waals surface area contributed by atoms with Crippen molar-refractivity contribution in [2.24, 2.45) is 0 Å². The summed E-state index contributed by atoms with van der Waals surface area (Å²) >= 11 is 0. The molecule has 1 aromatic heterocycles. The van der Waals surface area contributed by atoms with Crippen LogP contribution in [0.15, 0.2) is 23.1 Å². The first-order valence-corrected chi connectivity index (χ1v) is 5.14. The summed E-state index contributed by atoms with van der Waals surface area (Å²) in [7, 11) is 1.71. The van der Waals surface area contributed by atoms with Crippen molar-refractivity contribution >= 4 is 11.6 Å². The fraction of sp³-hybridized carbons (Fsp3) is 0.455. The predicted molar refractivity (Wildman–Crippen MR) is 63.0 cm³/mol. The number of hydrogen-bond donors (Lipinski definition) is 1. The minimum Gasteiger partial charge on any atom is -0.394 e. The monoisotopic (exact) mass is 223 g/mol. The molecular weight excluding hydrogens is 206 g/mol. The molecular formula is C11H17N3O2. The highest BCUT2D eigenvalue weighted by molar-refractivity contribution is 5.76. The lowest BCUT2D eigenvalue weighted by Gasteiger charge is -2.21. The molecule has 1 heterocycles. The minimum absolute atomic E-state index is 0.0263. The fourth-order valence-electron chi connectivity index (χ4n) is 1.23. The van der Waals surface area contributed by atoms with Gasteiger partial charge in [-0.3, -0.25) is 9.59 Å². The maximum Gasteiger partial charge on any atom is 0.274 e. The molecule has 0 saturated heterocycles. The maximum absolute atomic E-state index is 11.7. The quantitative estimate of drug-likeness (QED) is 0.801. The van der Waals surface area contributed by atoms with E-state index in [1.807, 2.05) is 13.8 Å². The summed E-state index contributed by atoms with van der Waals surface area (Å²) in [6.07, 6.45) is 1.56. The standard InChI is InChI=1S/C11H17N3O2/c1-8(2)13(3)10(15)7-14-6-4-5-9(12)11(14)16/h4-6,8H,7,12H2,1-3H3. The molecule has 1 amide bonds. The molecule has 2 N–H and O–H groups in total. The average molecular weight is 223 g/mol. The summed E-state index contributed by atoms with van der Waals surface area (Å²) < 4.78 is 1.32. The smallest absolute Gasteiger partial charge is 0.274 e. The van der Waals surface area contributed by atoms with Crippen LogP contribution in [-0.4, -0.2) is 28.5 Å². The number of likely N-dealkylation sites (N-methyl/N-ethyl adjacent to an activating group) is 1. The molecule has 1 rings (SSSR count). The van der Waals surface area contributed by atoms with Gasteiger partial charge in [-0.1, -0.05) is 0 Å². The van der Waals surface area contributed by atoms with Crippen LogP contribution in [0.1, 0.15) is 13.8 Å². The lowest BCUT2D eigenvalue weighted by molar-refractivity contribution is -0.132. The molecule has 0 aliphatic heterocycles. The van der Waals surface area contributed by atoms with Crippen LogP contribution < -0.4 is 11.3 Å². The number of amides is 1. The van der Waals surface area contributed by atoms with Gasteiger partial charge in [-0.25, -0.2) is 0 Å². The fourth-order valence-corrected chi connectivity index (χ4v) is 1.23. The second-order valence-corrected chi connectivity index (χ2v) is 3.99. The van der Waals surface area contributed by atoms with Crippen LogP contribution in [0.5, 0.6) is 0 Å². The third-order valence-corrected chi connectivity index (χ3v) is 2.52. The van der Waals surface area contributed by atoms with Crippen molar-refractivity contribution in [3.8, 4) is 0 Å². The Kier molecular flexibility index (Phi) is 3.71. The lowest BCUT2D eigenvalue weighted by Crippen LogP contribution is -2.38. The molecule has 1 aromatic rings. The Morgan fingerprint density at radius 1 is 1.56 bits per heavy atom. The largest absolute Gasteiger partial charge is 0.394 e. The Morgan fingerprint density at radius 3 is 2.75 bits per heavy atom. The first-order valence-electron chi connectivity index (χ1n) is 5.14. The molecule has 0 atom stereocenters. The molecule has 0 aliphatic rings. The van der Waals surface area contributed by atoms with Crippen LogP contribution in [0.4, 0.5) is 5.69 Å². The normalized spacial score (nSPS) is 10.5. The highest BCUT2D eigenvalue weighted by atomic mass is 16.2. The second-order valence-electron chi connectivity index (χ2n) is 3.99. The number of anilines is 1. The molecule has 0 aromatic carbocycles. The van der Waals surface area contributed by atoms with E-state index in [4.69, 9.17) is 5.73 Å². The highest BCUT2D eigenvalue weighted by Crippen LogP contribution is 1.97. The number of hydrogen-bond acceptors (Lipinski definition) is 3. The number of aromatic nitrogens is 1. The van der Waals surface area contributed by atoms with E-state index in [1.54, 1.807) is 24.2 Å². The topological polar surface area (TPSA) is 68.3 Å². The summed E-state index contributed by atoms with van der Waals surface area (Å²) in [5.41, 5.74) is 5.30. The van der Waals surface area contributed by atoms with E-state index in [9.17, 15) is 9.59 Å². The van der Waals surface area contributed by atoms with Crippen molar-refractivity contribution in [3.63, 3.8) is 0 Å². The highest BCUT2D eigenvalue weighted by Gasteiger charge is 2.13. The number of nitrogen functional groups attached to an aromatic ring is 1. The summed E-state index contributed by atoms with van der Waals surface area (Å²) in [6, 6.07) is 3.29. The molecule has 0 fully saturated rings. The number of carbonyl (C=O) groups excluding carboxylic acids is 1. The summed E-state index contributed by atoms with van der Waals surface area (Å²) in [5, 5.41) is 0. The SMILES string of the molecule is CC(C)N(C)C(=O)Cn1cccc(N)c1=O. The Hall–Kier alpha value is -1.78. The molecule has 0 aliphatic carbocycles. The molecule has 0 radical (unpaired) electrons. The van der Waals surface area contributed by atoms with E-state index in [1.165, 1.54) is 10.6 Å². The average Bonchev–Trinajstić information content (AvgIpc) is 2.23. The Bertz CT molecular complexity index is 437. The van der Waals surface area contributed by atoms with E-state index in [-0.39, 0.29) is 29.7 Å². The van der Waals surface area contributed by atoms with Gasteiger partial charge in [0.15, 0.2) is 0 Å². The third-order valence-electron chi connectivity index (χ3n) is 2.52. The molecule has 5 nitrogen and oxygen atoms in total. The van der Waals surface area contributed by atoms with Crippen molar-refractivity contribution < 1.29 is 4.79 Å². The first-order chi connectivity index (χ1) is 7.43. The maximum atomic E-state index is 11.7. The molecule has 0 spiro atoms. The van der Waals surface area contributed by atoms with E-state index in [0.717, 1.165) is 0 Å². The van der Waals surface area contributed by atoms with E-state index in [0.29, 0.717) is 0 Å². The number of carbonyl (C=O) groups is 1. The first kappa shape index (κ1) is 12.3. The van der Waals surface area contributed by atoms with Gasteiger partial charge in [0.1, 0.15) is 6.54 Å². The Morgan fingerprint density at radius 2 is 2.19 bits per heavy atom. The zero-order valence-corrected chi connectivity index (χ0v) is 9.80. The van der Waals surface area contributed by atoms with Crippen LogP contribution in [-0.2, 0) is 11.3 Å². The predicted octanol–water partition coefficient (Wildman–Crippen LogP) is 0.297. The molecule has 88 valence electrons. The van der Waals surface area contributed by atoms with Crippen molar-refractivity contribution in [2.75, 3.05) is 12.8 Å². The lowest BCUT2D eigenvalue weighted by atomic mass is 10.3. The molecule has 0 saturated carbocycles. The Balaban J connectivity index is 2.86. The van der Waals surface area contributed by atoms with E-state index < -0.39 is 0 Å². The van der Waals surface area contributed by atoms with E-state index >= 15 is 0 Å². The van der Waals surface area contributed by atoms with Crippen molar-refractivity contribution in [1.29, 1.82) is 0 Å². The molecule has 16 heavy (non-hydrogen) atoms. The van der Waals surface area contributed by atoms with Gasteiger partial charge in [-0.2, -0.15) is 0 Å². The van der Waals surface area contributed by atoms with Gasteiger partial charge in [0.05, 0.1) is 5.69 Å². The van der Waals surface area contributed by atoms with Gasteiger partial charge in [0.25, 0.3) is 5.56 Å². The molecule has 0 unspecified atom stereocenters. The summed E-state index contributed by atoms with van der Waals surface area (Å²) in [5.74, 6) is -0.109. The zero-order chi connectivity index (χ0) is 12.3. The van der Waals surface area contributed by atoms with Crippen molar-refractivity contribution in [2.45, 2.75) is 26.4 Å². The van der Waals surface area contributed by atoms with Crippen LogP contribution >= 0.6 is 0 Å². The molecule has 0 bridgehead atoms. The van der Waals surface area contributed by atoms with Crippen molar-refractivity contribution in [1.82, 2.24) is 9.47 Å². The van der Waals surface area contributed by atoms with Crippen LogP contribution in [0.25, 0.3) is 0 Å². The van der Waals surface area contributed by atoms with E-state index in [2.05, 4.69) is 0 Å². The minimum atomic E-state index is -0.326. The third kappa shape index (κ3) is 2.62. The van der Waals surface area contributed by atoms with Gasteiger partial charge in [0.2, 0.25) is 5.91 Å². The van der Waals surface area contributed by atoms with Gasteiger partial charge >= 0.3 is 0 Å². The number of pyridine rings is 1. The van der Waals surface area contributed by atoms with Gasteiger partial charge in [-0.05, 0) is 26.0 Å². The number of nitrogens with two attached hydrogens (primary N) is 1. The molecule has 5 heteroatoms. The summed E-state index contributed by atoms with van der Waals surface area (Å²) in [6.45, 7) is 3.86. The van der Waals surface area contributed by atoms with Gasteiger partial charge in [0, 0.05) is 19.3 Å². The van der Waals surface area contributed by atoms with Crippen LogP contribution in [0, 0.1) is 0 Å². The summed E-state index contributed by atoms with van der Waals surface area (Å²) in [4.78, 5) is 24.9. The second kappa shape index (κ2) is 4.83. The number of rotatable bonds is 3. The zero-order valence-electron chi connectivity index (χ0n) is 9.80. The van der Waals surface area contributed by atoms with Crippen LogP contribution in [0.3, 0.4) is 0 Å². The Labute approximate surface area is 94.5 Å².